The first kappa shape index (κ1) is 11.4. The summed E-state index contributed by atoms with van der Waals surface area (Å²) in [5, 5.41) is 10.2. The maximum Gasteiger partial charge on any atom is 0.0936 e. The summed E-state index contributed by atoms with van der Waals surface area (Å²) in [5.41, 5.74) is 7.38. The second-order valence-corrected chi connectivity index (χ2v) is 4.46. The van der Waals surface area contributed by atoms with Crippen LogP contribution in [0.25, 0.3) is 0 Å². The summed E-state index contributed by atoms with van der Waals surface area (Å²) in [6.07, 6.45) is 2.07. The zero-order valence-electron chi connectivity index (χ0n) is 9.76. The Labute approximate surface area is 96.9 Å². The Bertz CT molecular complexity index is 350. The lowest BCUT2D eigenvalue weighted by Crippen LogP contribution is -2.30. The lowest BCUT2D eigenvalue weighted by atomic mass is 10.1. The first-order valence-corrected chi connectivity index (χ1v) is 5.99. The maximum atomic E-state index is 10.2. The van der Waals surface area contributed by atoms with Gasteiger partial charge in [0, 0.05) is 23.8 Å². The average Bonchev–Trinajstić information content (AvgIpc) is 3.10. The van der Waals surface area contributed by atoms with Gasteiger partial charge < -0.3 is 10.8 Å². The number of rotatable bonds is 5. The first-order chi connectivity index (χ1) is 7.72. The second kappa shape index (κ2) is 4.85. The van der Waals surface area contributed by atoms with Gasteiger partial charge in [0.05, 0.1) is 6.10 Å². The number of nitrogen functional groups attached to an aromatic ring is 1. The zero-order chi connectivity index (χ0) is 11.5. The second-order valence-electron chi connectivity index (χ2n) is 4.46. The van der Waals surface area contributed by atoms with Crippen LogP contribution in [0, 0.1) is 0 Å². The van der Waals surface area contributed by atoms with Gasteiger partial charge in [-0.2, -0.15) is 0 Å². The van der Waals surface area contributed by atoms with Crippen LogP contribution in [0.2, 0.25) is 0 Å². The lowest BCUT2D eigenvalue weighted by Gasteiger charge is -2.24. The molecule has 3 heteroatoms. The molecule has 0 radical (unpaired) electrons. The Balaban J connectivity index is 2.01. The van der Waals surface area contributed by atoms with E-state index >= 15 is 0 Å². The summed E-state index contributed by atoms with van der Waals surface area (Å²) in [5.74, 6) is 0. The van der Waals surface area contributed by atoms with Gasteiger partial charge in [-0.3, -0.25) is 4.90 Å². The van der Waals surface area contributed by atoms with Crippen LogP contribution in [0.1, 0.15) is 31.4 Å². The largest absolute Gasteiger partial charge is 0.398 e. The van der Waals surface area contributed by atoms with Crippen molar-refractivity contribution in [3.05, 3.63) is 29.8 Å². The Kier molecular flexibility index (Phi) is 3.46. The minimum Gasteiger partial charge on any atom is -0.398 e. The van der Waals surface area contributed by atoms with Gasteiger partial charge in [0.15, 0.2) is 0 Å². The van der Waals surface area contributed by atoms with Crippen molar-refractivity contribution in [2.75, 3.05) is 18.8 Å². The standard InChI is InChI=1S/C13H20N2O/c1-2-15(10-7-8-10)9-13(16)11-5-3-4-6-12(11)14/h3-6,10,13,16H,2,7-9,14H2,1H3. The predicted octanol–water partition coefficient (Wildman–Crippen LogP) is 1.79. The molecule has 1 aromatic carbocycles. The van der Waals surface area contributed by atoms with E-state index in [0.717, 1.165) is 12.1 Å². The summed E-state index contributed by atoms with van der Waals surface area (Å²) in [7, 11) is 0. The molecule has 1 atom stereocenters. The van der Waals surface area contributed by atoms with Crippen LogP contribution in [0.15, 0.2) is 24.3 Å². The highest BCUT2D eigenvalue weighted by Crippen LogP contribution is 2.29. The molecule has 0 spiro atoms. The van der Waals surface area contributed by atoms with Crippen molar-refractivity contribution >= 4 is 5.69 Å². The molecule has 0 saturated heterocycles. The topological polar surface area (TPSA) is 49.5 Å². The van der Waals surface area contributed by atoms with Crippen LogP contribution in [0.3, 0.4) is 0 Å². The van der Waals surface area contributed by atoms with Crippen molar-refractivity contribution in [2.45, 2.75) is 31.9 Å². The van der Waals surface area contributed by atoms with Gasteiger partial charge >= 0.3 is 0 Å². The van der Waals surface area contributed by atoms with Crippen molar-refractivity contribution in [1.82, 2.24) is 4.90 Å². The molecule has 0 aliphatic heterocycles. The number of para-hydroxylation sites is 1. The summed E-state index contributed by atoms with van der Waals surface area (Å²) in [6, 6.07) is 8.24. The first-order valence-electron chi connectivity index (χ1n) is 5.99. The van der Waals surface area contributed by atoms with Crippen LogP contribution in [-0.4, -0.2) is 29.1 Å². The summed E-state index contributed by atoms with van der Waals surface area (Å²) in [6.45, 7) is 3.82. The Morgan fingerprint density at radius 2 is 2.12 bits per heavy atom. The number of benzene rings is 1. The van der Waals surface area contributed by atoms with E-state index in [1.165, 1.54) is 12.8 Å². The van der Waals surface area contributed by atoms with Crippen LogP contribution in [0.5, 0.6) is 0 Å². The Hall–Kier alpha value is -1.06. The van der Waals surface area contributed by atoms with E-state index < -0.39 is 6.10 Å². The molecule has 1 aromatic rings. The number of hydrogen-bond acceptors (Lipinski definition) is 3. The van der Waals surface area contributed by atoms with E-state index in [1.54, 1.807) is 0 Å². The van der Waals surface area contributed by atoms with Gasteiger partial charge in [-0.1, -0.05) is 25.1 Å². The molecule has 1 saturated carbocycles. The Morgan fingerprint density at radius 3 is 2.69 bits per heavy atom. The smallest absolute Gasteiger partial charge is 0.0936 e. The fourth-order valence-corrected chi connectivity index (χ4v) is 2.11. The molecule has 1 aliphatic rings. The van der Waals surface area contributed by atoms with Gasteiger partial charge in [-0.05, 0) is 25.5 Å². The zero-order valence-corrected chi connectivity index (χ0v) is 9.76. The van der Waals surface area contributed by atoms with Crippen LogP contribution in [-0.2, 0) is 0 Å². The molecule has 1 unspecified atom stereocenters. The molecule has 0 heterocycles. The monoisotopic (exact) mass is 220 g/mol. The SMILES string of the molecule is CCN(CC(O)c1ccccc1N)C1CC1. The number of likely N-dealkylation sites (N-methyl/N-ethyl adjacent to an activating group) is 1. The molecule has 3 N–H and O–H groups in total. The van der Waals surface area contributed by atoms with Crippen LogP contribution in [0.4, 0.5) is 5.69 Å². The number of nitrogens with two attached hydrogens (primary N) is 1. The molecule has 16 heavy (non-hydrogen) atoms. The predicted molar refractivity (Wildman–Crippen MR) is 66.1 cm³/mol. The molecule has 0 amide bonds. The minimum atomic E-state index is -0.471. The number of nitrogens with zero attached hydrogens (tertiary/aromatic N) is 1. The van der Waals surface area contributed by atoms with Gasteiger partial charge in [0.25, 0.3) is 0 Å². The van der Waals surface area contributed by atoms with E-state index in [1.807, 2.05) is 24.3 Å². The third kappa shape index (κ3) is 2.54. The highest BCUT2D eigenvalue weighted by molar-refractivity contribution is 5.47. The number of aliphatic hydroxyl groups is 1. The van der Waals surface area contributed by atoms with E-state index in [0.29, 0.717) is 18.3 Å². The van der Waals surface area contributed by atoms with Crippen molar-refractivity contribution in [3.8, 4) is 0 Å². The van der Waals surface area contributed by atoms with Crippen LogP contribution >= 0.6 is 0 Å². The molecule has 0 aromatic heterocycles. The minimum absolute atomic E-state index is 0.471. The van der Waals surface area contributed by atoms with E-state index in [2.05, 4.69) is 11.8 Å². The molecule has 88 valence electrons. The fourth-order valence-electron chi connectivity index (χ4n) is 2.11. The van der Waals surface area contributed by atoms with E-state index in [4.69, 9.17) is 5.73 Å². The normalized spacial score (nSPS) is 17.7. The van der Waals surface area contributed by atoms with Gasteiger partial charge in [0.1, 0.15) is 0 Å². The van der Waals surface area contributed by atoms with Crippen molar-refractivity contribution < 1.29 is 5.11 Å². The molecule has 3 nitrogen and oxygen atoms in total. The summed E-state index contributed by atoms with van der Waals surface area (Å²) >= 11 is 0. The summed E-state index contributed by atoms with van der Waals surface area (Å²) < 4.78 is 0. The van der Waals surface area contributed by atoms with Gasteiger partial charge in [-0.25, -0.2) is 0 Å². The quantitative estimate of drug-likeness (QED) is 0.744. The van der Waals surface area contributed by atoms with Crippen LogP contribution < -0.4 is 5.73 Å². The molecule has 1 fully saturated rings. The molecular weight excluding hydrogens is 200 g/mol. The molecular formula is C13H20N2O. The van der Waals surface area contributed by atoms with Crippen molar-refractivity contribution in [2.24, 2.45) is 0 Å². The third-order valence-corrected chi connectivity index (χ3v) is 3.23. The van der Waals surface area contributed by atoms with Crippen molar-refractivity contribution in [3.63, 3.8) is 0 Å². The Morgan fingerprint density at radius 1 is 1.44 bits per heavy atom. The molecule has 0 bridgehead atoms. The van der Waals surface area contributed by atoms with Gasteiger partial charge in [-0.15, -0.1) is 0 Å². The van der Waals surface area contributed by atoms with E-state index in [-0.39, 0.29) is 0 Å². The number of hydrogen-bond donors (Lipinski definition) is 2. The summed E-state index contributed by atoms with van der Waals surface area (Å²) in [4.78, 5) is 2.33. The number of anilines is 1. The highest BCUT2D eigenvalue weighted by Gasteiger charge is 2.29. The molecule has 1 aliphatic carbocycles. The fraction of sp³-hybridized carbons (Fsp3) is 0.538. The van der Waals surface area contributed by atoms with Gasteiger partial charge in [0.2, 0.25) is 0 Å². The molecule has 2 rings (SSSR count). The highest BCUT2D eigenvalue weighted by atomic mass is 16.3. The average molecular weight is 220 g/mol. The lowest BCUT2D eigenvalue weighted by molar-refractivity contribution is 0.112. The maximum absolute atomic E-state index is 10.2. The van der Waals surface area contributed by atoms with Crippen molar-refractivity contribution in [1.29, 1.82) is 0 Å². The number of aliphatic hydroxyl groups excluding tert-OH is 1. The van der Waals surface area contributed by atoms with E-state index in [9.17, 15) is 5.11 Å². The third-order valence-electron chi connectivity index (χ3n) is 3.23.